The highest BCUT2D eigenvalue weighted by molar-refractivity contribution is 5.96. The molecule has 1 aliphatic heterocycles. The topological polar surface area (TPSA) is 67.6 Å². The molecular formula is C26H38F2N4O2. The van der Waals surface area contributed by atoms with Gasteiger partial charge in [0.25, 0.3) is 0 Å². The van der Waals surface area contributed by atoms with E-state index >= 15 is 0 Å². The van der Waals surface area contributed by atoms with Crippen molar-refractivity contribution in [3.05, 3.63) is 41.1 Å². The number of nitrogens with one attached hydrogen (secondary N) is 1. The summed E-state index contributed by atoms with van der Waals surface area (Å²) < 4.78 is 40.4. The Morgan fingerprint density at radius 2 is 2.03 bits per heavy atom. The molecule has 1 aromatic rings. The Kier molecular flexibility index (Phi) is 11.3. The van der Waals surface area contributed by atoms with E-state index in [2.05, 4.69) is 33.9 Å². The van der Waals surface area contributed by atoms with E-state index in [0.29, 0.717) is 19.1 Å². The zero-order valence-electron chi connectivity index (χ0n) is 20.9. The minimum absolute atomic E-state index is 0.00360. The maximum absolute atomic E-state index is 14.6. The van der Waals surface area contributed by atoms with E-state index in [1.54, 1.807) is 6.20 Å². The summed E-state index contributed by atoms with van der Waals surface area (Å²) in [6.07, 6.45) is 8.19. The third-order valence-corrected chi connectivity index (χ3v) is 5.62. The molecule has 1 N–H and O–H groups in total. The first-order valence-corrected chi connectivity index (χ1v) is 11.9. The van der Waals surface area contributed by atoms with Gasteiger partial charge in [0.2, 0.25) is 5.90 Å². The summed E-state index contributed by atoms with van der Waals surface area (Å²) in [7, 11) is 1.94. The van der Waals surface area contributed by atoms with Crippen molar-refractivity contribution in [2.75, 3.05) is 33.3 Å². The molecule has 0 fully saturated rings. The summed E-state index contributed by atoms with van der Waals surface area (Å²) in [6, 6.07) is 2.39. The Morgan fingerprint density at radius 3 is 2.62 bits per heavy atom. The smallest absolute Gasteiger partial charge is 0.222 e. The molecule has 1 aliphatic rings. The number of halogens is 2. The summed E-state index contributed by atoms with van der Waals surface area (Å²) >= 11 is 0. The molecule has 1 unspecified atom stereocenters. The van der Waals surface area contributed by atoms with Crippen molar-refractivity contribution >= 4 is 18.8 Å². The van der Waals surface area contributed by atoms with Crippen molar-refractivity contribution in [3.8, 4) is 5.75 Å². The van der Waals surface area contributed by atoms with Crippen LogP contribution in [0.2, 0.25) is 0 Å². The van der Waals surface area contributed by atoms with Crippen molar-refractivity contribution in [3.63, 3.8) is 0 Å². The highest BCUT2D eigenvalue weighted by atomic mass is 19.1. The van der Waals surface area contributed by atoms with Crippen LogP contribution < -0.4 is 10.1 Å². The second kappa shape index (κ2) is 13.9. The predicted molar refractivity (Wildman–Crippen MR) is 136 cm³/mol. The molecule has 2 rings (SSSR count). The maximum Gasteiger partial charge on any atom is 0.222 e. The largest absolute Gasteiger partial charge is 0.493 e. The zero-order chi connectivity index (χ0) is 25.0. The first-order valence-electron chi connectivity index (χ1n) is 11.9. The lowest BCUT2D eigenvalue weighted by Gasteiger charge is -2.18. The minimum Gasteiger partial charge on any atom is -0.493 e. The van der Waals surface area contributed by atoms with Gasteiger partial charge in [-0.1, -0.05) is 6.92 Å². The van der Waals surface area contributed by atoms with E-state index in [1.165, 1.54) is 12.1 Å². The van der Waals surface area contributed by atoms with E-state index in [4.69, 9.17) is 9.47 Å². The average Bonchev–Trinajstić information content (AvgIpc) is 3.14. The van der Waals surface area contributed by atoms with Gasteiger partial charge in [-0.25, -0.2) is 13.8 Å². The third-order valence-electron chi connectivity index (χ3n) is 5.62. The van der Waals surface area contributed by atoms with Gasteiger partial charge in [-0.3, -0.25) is 9.98 Å². The molecule has 0 radical (unpaired) electrons. The lowest BCUT2D eigenvalue weighted by Crippen LogP contribution is -2.25. The van der Waals surface area contributed by atoms with E-state index in [0.717, 1.165) is 50.8 Å². The summed E-state index contributed by atoms with van der Waals surface area (Å²) in [5.74, 6) is -0.810. The maximum atomic E-state index is 14.6. The molecule has 1 heterocycles. The quantitative estimate of drug-likeness (QED) is 0.274. The molecule has 188 valence electrons. The molecule has 0 bridgehead atoms. The molecule has 34 heavy (non-hydrogen) atoms. The molecule has 1 aromatic carbocycles. The number of nitrogens with zero attached hydrogens (tertiary/aromatic N) is 3. The second-order valence-electron chi connectivity index (χ2n) is 9.06. The summed E-state index contributed by atoms with van der Waals surface area (Å²) in [6.45, 7) is 11.6. The van der Waals surface area contributed by atoms with Crippen molar-refractivity contribution in [1.82, 2.24) is 5.32 Å². The lowest BCUT2D eigenvalue weighted by molar-refractivity contribution is 0.130. The van der Waals surface area contributed by atoms with Crippen LogP contribution >= 0.6 is 0 Å². The van der Waals surface area contributed by atoms with Gasteiger partial charge in [0.1, 0.15) is 28.5 Å². The van der Waals surface area contributed by atoms with E-state index in [-0.39, 0.29) is 17.2 Å². The Hall–Kier alpha value is -2.61. The van der Waals surface area contributed by atoms with Gasteiger partial charge in [0, 0.05) is 31.1 Å². The Balaban J connectivity index is 1.85. The van der Waals surface area contributed by atoms with Gasteiger partial charge in [-0.2, -0.15) is 0 Å². The standard InChI is InChI=1S/C26H38F2N4O2/c1-6-19(16-30-5)17-31-12-10-20(9-11-29-4)8-7-13-33-21-14-22(27)24(23(28)15-21)25-32-18-26(2,3)34-25/h14-17,20,29H,5-13,18H2,1-4H3/b19-16-,31-17?. The number of hydrogen-bond acceptors (Lipinski definition) is 6. The van der Waals surface area contributed by atoms with Crippen LogP contribution in [0.15, 0.2) is 38.9 Å². The Labute approximate surface area is 202 Å². The first kappa shape index (κ1) is 27.6. The number of benzene rings is 1. The van der Waals surface area contributed by atoms with Crippen LogP contribution in [0.1, 0.15) is 58.4 Å². The zero-order valence-corrected chi connectivity index (χ0v) is 20.9. The van der Waals surface area contributed by atoms with Crippen LogP contribution in [-0.2, 0) is 4.74 Å². The summed E-state index contributed by atoms with van der Waals surface area (Å²) in [4.78, 5) is 12.4. The highest BCUT2D eigenvalue weighted by Gasteiger charge is 2.31. The average molecular weight is 477 g/mol. The number of aliphatic imine (C=N–C) groups is 3. The number of ether oxygens (including phenoxy) is 2. The highest BCUT2D eigenvalue weighted by Crippen LogP contribution is 2.27. The van der Waals surface area contributed by atoms with Crippen LogP contribution in [-0.4, -0.2) is 57.7 Å². The molecule has 0 amide bonds. The fourth-order valence-corrected chi connectivity index (χ4v) is 3.67. The van der Waals surface area contributed by atoms with Crippen molar-refractivity contribution < 1.29 is 18.3 Å². The number of allylic oxidation sites excluding steroid dienone is 1. The summed E-state index contributed by atoms with van der Waals surface area (Å²) in [5.41, 5.74) is 0.252. The van der Waals surface area contributed by atoms with Crippen LogP contribution in [0.25, 0.3) is 0 Å². The van der Waals surface area contributed by atoms with Gasteiger partial charge in [-0.05, 0) is 77.8 Å². The molecule has 8 heteroatoms. The van der Waals surface area contributed by atoms with Gasteiger partial charge >= 0.3 is 0 Å². The molecule has 0 aliphatic carbocycles. The van der Waals surface area contributed by atoms with Gasteiger partial charge in [0.15, 0.2) is 0 Å². The van der Waals surface area contributed by atoms with Crippen LogP contribution in [0, 0.1) is 17.6 Å². The third kappa shape index (κ3) is 8.97. The molecule has 6 nitrogen and oxygen atoms in total. The normalized spacial score (nSPS) is 16.4. The van der Waals surface area contributed by atoms with Crippen LogP contribution in [0.4, 0.5) is 8.78 Å². The van der Waals surface area contributed by atoms with Crippen LogP contribution in [0.5, 0.6) is 5.75 Å². The van der Waals surface area contributed by atoms with Crippen molar-refractivity contribution in [2.24, 2.45) is 20.9 Å². The SMILES string of the molecule is C=N/C=C(\C=NCCC(CCCOc1cc(F)c(C2=NCC(C)(C)O2)c(F)c1)CCNC)CC. The number of hydrogen-bond donors (Lipinski definition) is 1. The second-order valence-corrected chi connectivity index (χ2v) is 9.06. The predicted octanol–water partition coefficient (Wildman–Crippen LogP) is 5.36. The van der Waals surface area contributed by atoms with Gasteiger partial charge in [-0.15, -0.1) is 0 Å². The summed E-state index contributed by atoms with van der Waals surface area (Å²) in [5, 5.41) is 3.19. The molecule has 0 aromatic heterocycles. The van der Waals surface area contributed by atoms with Crippen molar-refractivity contribution in [1.29, 1.82) is 0 Å². The molecular weight excluding hydrogens is 438 g/mol. The number of rotatable bonds is 15. The monoisotopic (exact) mass is 476 g/mol. The molecule has 1 atom stereocenters. The molecule has 0 spiro atoms. The van der Waals surface area contributed by atoms with Gasteiger partial charge < -0.3 is 14.8 Å². The van der Waals surface area contributed by atoms with Crippen molar-refractivity contribution in [2.45, 2.75) is 58.5 Å². The van der Waals surface area contributed by atoms with E-state index < -0.39 is 17.2 Å². The molecule has 0 saturated carbocycles. The fraction of sp³-hybridized carbons (Fsp3) is 0.577. The van der Waals surface area contributed by atoms with E-state index in [1.807, 2.05) is 27.1 Å². The van der Waals surface area contributed by atoms with E-state index in [9.17, 15) is 8.78 Å². The minimum atomic E-state index is -0.733. The lowest BCUT2D eigenvalue weighted by atomic mass is 9.96. The Morgan fingerprint density at radius 1 is 1.29 bits per heavy atom. The molecule has 0 saturated heterocycles. The first-order chi connectivity index (χ1) is 16.3. The fourth-order valence-electron chi connectivity index (χ4n) is 3.67. The van der Waals surface area contributed by atoms with Gasteiger partial charge in [0.05, 0.1) is 13.2 Å². The van der Waals surface area contributed by atoms with Crippen LogP contribution in [0.3, 0.4) is 0 Å². The Bertz CT molecular complexity index is 874.